The second kappa shape index (κ2) is 9.59. The minimum Gasteiger partial charge on any atom is -0.465 e. The van der Waals surface area contributed by atoms with Gasteiger partial charge in [0, 0.05) is 5.38 Å². The molecule has 3 N–H and O–H groups in total. The zero-order valence-electron chi connectivity index (χ0n) is 11.2. The molecule has 1 aromatic rings. The molecule has 0 aromatic carbocycles. The summed E-state index contributed by atoms with van der Waals surface area (Å²) in [5.74, 6) is -0.917. The first-order valence-corrected chi connectivity index (χ1v) is 7.77. The second-order valence-electron chi connectivity index (χ2n) is 3.59. The van der Waals surface area contributed by atoms with Crippen molar-refractivity contribution in [1.29, 1.82) is 0 Å². The highest BCUT2D eigenvalue weighted by molar-refractivity contribution is 7.13. The van der Waals surface area contributed by atoms with E-state index in [1.54, 1.807) is 6.92 Å². The van der Waals surface area contributed by atoms with Gasteiger partial charge in [-0.1, -0.05) is 23.2 Å². The Bertz CT molecular complexity index is 514. The molecule has 12 heteroatoms. The standard InChI is InChI=1S/C10H12Cl3N3O4S.ClH/c1-2-19-7(17)6(14)5-3-21-8(15-5)16-9(18)20-10(12,13)4-11;/h3,6H,2,4,14H2,1H3,(H,15,16,18);1H. The highest BCUT2D eigenvalue weighted by Crippen LogP contribution is 2.26. The molecule has 0 aliphatic heterocycles. The van der Waals surface area contributed by atoms with Crippen molar-refractivity contribution >= 4 is 75.7 Å². The van der Waals surface area contributed by atoms with Crippen LogP contribution in [0.15, 0.2) is 5.38 Å². The van der Waals surface area contributed by atoms with Gasteiger partial charge in [0.25, 0.3) is 4.52 Å². The SMILES string of the molecule is CCOC(=O)C(N)c1csc(NC(=O)OC(Cl)(Cl)CCl)n1.Cl. The summed E-state index contributed by atoms with van der Waals surface area (Å²) in [4.78, 5) is 26.9. The van der Waals surface area contributed by atoms with E-state index in [4.69, 9.17) is 45.3 Å². The molecule has 0 bridgehead atoms. The van der Waals surface area contributed by atoms with Crippen LogP contribution in [0.4, 0.5) is 9.93 Å². The predicted octanol–water partition coefficient (Wildman–Crippen LogP) is 3.05. The van der Waals surface area contributed by atoms with Crippen LogP contribution in [0.25, 0.3) is 0 Å². The molecule has 1 heterocycles. The first-order valence-electron chi connectivity index (χ1n) is 5.60. The summed E-state index contributed by atoms with van der Waals surface area (Å²) in [5, 5.41) is 3.96. The number of amides is 1. The monoisotopic (exact) mass is 411 g/mol. The molecule has 0 saturated heterocycles. The summed E-state index contributed by atoms with van der Waals surface area (Å²) in [6.07, 6.45) is -0.939. The van der Waals surface area contributed by atoms with Crippen LogP contribution in [0.2, 0.25) is 0 Å². The van der Waals surface area contributed by atoms with Gasteiger partial charge < -0.3 is 15.2 Å². The number of nitrogens with one attached hydrogen (secondary N) is 1. The van der Waals surface area contributed by atoms with E-state index in [9.17, 15) is 9.59 Å². The minimum absolute atomic E-state index is 0. The number of anilines is 1. The molecular weight excluding hydrogens is 400 g/mol. The van der Waals surface area contributed by atoms with E-state index in [0.29, 0.717) is 0 Å². The molecule has 1 aromatic heterocycles. The number of ether oxygens (including phenoxy) is 2. The Hall–Kier alpha value is -0.510. The third kappa shape index (κ3) is 6.72. The zero-order valence-corrected chi connectivity index (χ0v) is 15.1. The van der Waals surface area contributed by atoms with Crippen LogP contribution in [0.3, 0.4) is 0 Å². The van der Waals surface area contributed by atoms with E-state index in [1.165, 1.54) is 5.38 Å². The molecule has 7 nitrogen and oxygen atoms in total. The van der Waals surface area contributed by atoms with Crippen LogP contribution in [0, 0.1) is 0 Å². The molecule has 1 rings (SSSR count). The predicted molar refractivity (Wildman–Crippen MR) is 88.2 cm³/mol. The van der Waals surface area contributed by atoms with Crippen molar-refractivity contribution < 1.29 is 19.1 Å². The smallest absolute Gasteiger partial charge is 0.416 e. The minimum atomic E-state index is -1.84. The van der Waals surface area contributed by atoms with Crippen LogP contribution < -0.4 is 11.1 Å². The lowest BCUT2D eigenvalue weighted by Crippen LogP contribution is -2.27. The lowest BCUT2D eigenvalue weighted by molar-refractivity contribution is -0.144. The van der Waals surface area contributed by atoms with Gasteiger partial charge in [-0.2, -0.15) is 0 Å². The van der Waals surface area contributed by atoms with Crippen molar-refractivity contribution in [3.8, 4) is 0 Å². The van der Waals surface area contributed by atoms with E-state index in [-0.39, 0.29) is 35.7 Å². The Kier molecular flexibility index (Phi) is 9.37. The number of esters is 1. The fourth-order valence-corrected chi connectivity index (χ4v) is 2.04. The van der Waals surface area contributed by atoms with Gasteiger partial charge in [-0.25, -0.2) is 14.6 Å². The molecule has 0 spiro atoms. The van der Waals surface area contributed by atoms with Gasteiger partial charge >= 0.3 is 12.1 Å². The van der Waals surface area contributed by atoms with Gasteiger partial charge in [0.15, 0.2) is 5.13 Å². The van der Waals surface area contributed by atoms with Crippen LogP contribution in [0.5, 0.6) is 0 Å². The Morgan fingerprint density at radius 2 is 2.18 bits per heavy atom. The Morgan fingerprint density at radius 3 is 2.73 bits per heavy atom. The van der Waals surface area contributed by atoms with Gasteiger partial charge in [-0.3, -0.25) is 5.32 Å². The lowest BCUT2D eigenvalue weighted by atomic mass is 10.2. The van der Waals surface area contributed by atoms with E-state index >= 15 is 0 Å². The van der Waals surface area contributed by atoms with Gasteiger partial charge in [-0.05, 0) is 6.92 Å². The van der Waals surface area contributed by atoms with E-state index in [1.807, 2.05) is 0 Å². The fraction of sp³-hybridized carbons (Fsp3) is 0.500. The highest BCUT2D eigenvalue weighted by atomic mass is 35.5. The molecule has 0 saturated carbocycles. The Morgan fingerprint density at radius 1 is 1.55 bits per heavy atom. The summed E-state index contributed by atoms with van der Waals surface area (Å²) < 4.78 is 7.57. The number of rotatable bonds is 6. The molecule has 0 aliphatic carbocycles. The van der Waals surface area contributed by atoms with Crippen molar-refractivity contribution in [3.05, 3.63) is 11.1 Å². The van der Waals surface area contributed by atoms with Crippen molar-refractivity contribution in [2.45, 2.75) is 17.5 Å². The molecule has 1 atom stereocenters. The van der Waals surface area contributed by atoms with Gasteiger partial charge in [-0.15, -0.1) is 35.3 Å². The van der Waals surface area contributed by atoms with Crippen LogP contribution in [-0.2, 0) is 14.3 Å². The van der Waals surface area contributed by atoms with Crippen molar-refractivity contribution in [2.24, 2.45) is 5.73 Å². The summed E-state index contributed by atoms with van der Waals surface area (Å²) in [6, 6.07) is -1.03. The Labute approximate surface area is 151 Å². The average Bonchev–Trinajstić information content (AvgIpc) is 2.85. The number of aromatic nitrogens is 1. The van der Waals surface area contributed by atoms with Crippen molar-refractivity contribution in [1.82, 2.24) is 4.98 Å². The third-order valence-electron chi connectivity index (χ3n) is 1.99. The Balaban J connectivity index is 0.00000441. The molecule has 126 valence electrons. The quantitative estimate of drug-likeness (QED) is 0.549. The van der Waals surface area contributed by atoms with Crippen LogP contribution in [0.1, 0.15) is 18.7 Å². The largest absolute Gasteiger partial charge is 0.465 e. The maximum Gasteiger partial charge on any atom is 0.416 e. The summed E-state index contributed by atoms with van der Waals surface area (Å²) in [6.45, 7) is 1.87. The third-order valence-corrected chi connectivity index (χ3v) is 3.84. The number of hydrogen-bond donors (Lipinski definition) is 2. The zero-order chi connectivity index (χ0) is 16.0. The number of hydrogen-bond acceptors (Lipinski definition) is 7. The highest BCUT2D eigenvalue weighted by Gasteiger charge is 2.28. The van der Waals surface area contributed by atoms with E-state index in [0.717, 1.165) is 11.3 Å². The normalized spacial score (nSPS) is 12.0. The first-order chi connectivity index (χ1) is 9.79. The van der Waals surface area contributed by atoms with Crippen molar-refractivity contribution in [3.63, 3.8) is 0 Å². The van der Waals surface area contributed by atoms with Crippen LogP contribution in [-0.4, -0.2) is 34.1 Å². The average molecular weight is 413 g/mol. The molecule has 1 amide bonds. The molecule has 0 fully saturated rings. The molecular formula is C10H13Cl4N3O4S. The molecule has 22 heavy (non-hydrogen) atoms. The van der Waals surface area contributed by atoms with E-state index in [2.05, 4.69) is 15.0 Å². The second-order valence-corrected chi connectivity index (χ2v) is 6.13. The van der Waals surface area contributed by atoms with Gasteiger partial charge in [0.05, 0.1) is 18.2 Å². The first kappa shape index (κ1) is 21.5. The van der Waals surface area contributed by atoms with Crippen molar-refractivity contribution in [2.75, 3.05) is 17.8 Å². The number of carbonyl (C=O) groups excluding carboxylic acids is 2. The number of nitrogens with two attached hydrogens (primary N) is 1. The van der Waals surface area contributed by atoms with Crippen LogP contribution >= 0.6 is 58.5 Å². The molecule has 1 unspecified atom stereocenters. The molecule has 0 aliphatic rings. The van der Waals surface area contributed by atoms with Gasteiger partial charge in [0.2, 0.25) is 0 Å². The maximum atomic E-state index is 11.5. The van der Waals surface area contributed by atoms with Gasteiger partial charge in [0.1, 0.15) is 6.04 Å². The number of thiazole rings is 1. The number of carbonyl (C=O) groups is 2. The molecule has 0 radical (unpaired) electrons. The summed E-state index contributed by atoms with van der Waals surface area (Å²) in [5.41, 5.74) is 5.92. The maximum absolute atomic E-state index is 11.5. The topological polar surface area (TPSA) is 104 Å². The fourth-order valence-electron chi connectivity index (χ4n) is 1.11. The summed E-state index contributed by atoms with van der Waals surface area (Å²) in [7, 11) is 0. The lowest BCUT2D eigenvalue weighted by Gasteiger charge is -2.16. The van der Waals surface area contributed by atoms with E-state index < -0.39 is 22.6 Å². The number of alkyl halides is 3. The summed E-state index contributed by atoms with van der Waals surface area (Å²) >= 11 is 17.6. The number of nitrogens with zero attached hydrogens (tertiary/aromatic N) is 1. The number of halogens is 4.